The number of anilines is 2. The van der Waals surface area contributed by atoms with Crippen molar-refractivity contribution in [2.75, 3.05) is 9.80 Å². The zero-order chi connectivity index (χ0) is 38.8. The first-order valence-electron chi connectivity index (χ1n) is 17.6. The van der Waals surface area contributed by atoms with Gasteiger partial charge in [-0.05, 0) is 86.0 Å². The molecule has 0 radical (unpaired) electrons. The van der Waals surface area contributed by atoms with Gasteiger partial charge in [0.05, 0.1) is 38.7 Å². The molecule has 1 saturated carbocycles. The van der Waals surface area contributed by atoms with Crippen LogP contribution >= 0.6 is 34.5 Å². The fourth-order valence-corrected chi connectivity index (χ4v) is 11.0. The van der Waals surface area contributed by atoms with Crippen LogP contribution in [0.15, 0.2) is 78.4 Å². The van der Waals surface area contributed by atoms with Crippen molar-refractivity contribution >= 4 is 85.4 Å². The number of carbonyl (C=O) groups is 4. The van der Waals surface area contributed by atoms with Crippen molar-refractivity contribution in [3.05, 3.63) is 110 Å². The minimum Gasteiger partial charge on any atom is -0.508 e. The Morgan fingerprint density at radius 2 is 1.69 bits per heavy atom. The van der Waals surface area contributed by atoms with E-state index >= 15 is 4.79 Å². The third kappa shape index (κ3) is 4.99. The van der Waals surface area contributed by atoms with Crippen molar-refractivity contribution in [3.8, 4) is 16.3 Å². The van der Waals surface area contributed by atoms with Gasteiger partial charge >= 0.3 is 0 Å². The quantitative estimate of drug-likeness (QED) is 0.0813. The number of phenols is 1. The Hall–Kier alpha value is -5.37. The monoisotopic (exact) mass is 795 g/mol. The molecule has 2 saturated heterocycles. The molecule has 2 aliphatic carbocycles. The van der Waals surface area contributed by atoms with Crippen LogP contribution in [0.25, 0.3) is 20.7 Å². The van der Waals surface area contributed by atoms with Crippen LogP contribution in [0.3, 0.4) is 0 Å². The zero-order valence-corrected chi connectivity index (χ0v) is 31.9. The van der Waals surface area contributed by atoms with Gasteiger partial charge in [-0.2, -0.15) is 5.10 Å². The van der Waals surface area contributed by atoms with Gasteiger partial charge in [0, 0.05) is 51.5 Å². The first-order chi connectivity index (χ1) is 26.2. The van der Waals surface area contributed by atoms with Crippen molar-refractivity contribution < 1.29 is 29.2 Å². The summed E-state index contributed by atoms with van der Waals surface area (Å²) in [7, 11) is 1.67. The maximum atomic E-state index is 15.1. The molecule has 12 nitrogen and oxygen atoms in total. The van der Waals surface area contributed by atoms with Crippen LogP contribution in [0.5, 0.6) is 5.75 Å². The van der Waals surface area contributed by atoms with Gasteiger partial charge in [0.25, 0.3) is 5.69 Å². The minimum atomic E-state index is -1.44. The van der Waals surface area contributed by atoms with Gasteiger partial charge in [-0.25, -0.2) is 9.80 Å². The summed E-state index contributed by atoms with van der Waals surface area (Å²) in [6.45, 7) is 3.70. The number of allylic oxidation sites excluding steroid dienone is 2. The van der Waals surface area contributed by atoms with Crippen LogP contribution in [0, 0.1) is 46.1 Å². The van der Waals surface area contributed by atoms with E-state index in [1.165, 1.54) is 57.3 Å². The molecule has 3 fully saturated rings. The van der Waals surface area contributed by atoms with E-state index in [1.54, 1.807) is 26.1 Å². The summed E-state index contributed by atoms with van der Waals surface area (Å²) in [6.07, 6.45) is 2.09. The number of amides is 4. The molecule has 4 heterocycles. The highest BCUT2D eigenvalue weighted by Gasteiger charge is 2.68. The summed E-state index contributed by atoms with van der Waals surface area (Å²) in [5.41, 5.74) is 0.914. The van der Waals surface area contributed by atoms with Crippen LogP contribution in [0.1, 0.15) is 36.8 Å². The van der Waals surface area contributed by atoms with Crippen molar-refractivity contribution in [2.24, 2.45) is 36.1 Å². The Balaban J connectivity index is 1.15. The average Bonchev–Trinajstić information content (AvgIpc) is 3.82. The smallest absolute Gasteiger partial charge is 0.271 e. The van der Waals surface area contributed by atoms with Gasteiger partial charge in [-0.1, -0.05) is 40.9 Å². The number of non-ortho nitro benzene ring substituents is 1. The molecule has 2 aliphatic heterocycles. The van der Waals surface area contributed by atoms with E-state index in [0.717, 1.165) is 25.4 Å². The Morgan fingerprint density at radius 1 is 0.945 bits per heavy atom. The predicted molar refractivity (Wildman–Crippen MR) is 207 cm³/mol. The zero-order valence-electron chi connectivity index (χ0n) is 29.5. The highest BCUT2D eigenvalue weighted by atomic mass is 35.5. The molecular formula is C40H31Cl2N5O7S. The molecule has 55 heavy (non-hydrogen) atoms. The first-order valence-corrected chi connectivity index (χ1v) is 19.2. The highest BCUT2D eigenvalue weighted by molar-refractivity contribution is 7.22. The Kier molecular flexibility index (Phi) is 7.92. The number of aromatic nitrogens is 2. The average molecular weight is 797 g/mol. The minimum absolute atomic E-state index is 0.0745. The maximum Gasteiger partial charge on any atom is 0.271 e. The van der Waals surface area contributed by atoms with E-state index in [9.17, 15) is 29.6 Å². The predicted octanol–water partition coefficient (Wildman–Crippen LogP) is 7.97. The van der Waals surface area contributed by atoms with Crippen molar-refractivity contribution in [3.63, 3.8) is 0 Å². The van der Waals surface area contributed by atoms with Crippen LogP contribution in [-0.4, -0.2) is 43.4 Å². The van der Waals surface area contributed by atoms with E-state index in [-0.39, 0.29) is 35.8 Å². The normalized spacial score (nSPS) is 26.1. The molecule has 2 aromatic heterocycles. The number of nitro benzene ring substituents is 1. The topological polar surface area (TPSA) is 156 Å². The summed E-state index contributed by atoms with van der Waals surface area (Å²) in [6, 6.07) is 17.3. The lowest BCUT2D eigenvalue weighted by Crippen LogP contribution is -2.49. The number of hydrogen-bond acceptors (Lipinski definition) is 9. The summed E-state index contributed by atoms with van der Waals surface area (Å²) in [5.74, 6) is -6.10. The van der Waals surface area contributed by atoms with Gasteiger partial charge in [0.1, 0.15) is 17.3 Å². The number of aryl methyl sites for hydroxylation is 2. The number of imide groups is 2. The number of rotatable bonds is 5. The Morgan fingerprint density at radius 3 is 2.45 bits per heavy atom. The summed E-state index contributed by atoms with van der Waals surface area (Å²) >= 11 is 14.3. The number of hydrogen-bond donors (Lipinski definition) is 1. The summed E-state index contributed by atoms with van der Waals surface area (Å²) in [4.78, 5) is 72.3. The van der Waals surface area contributed by atoms with Gasteiger partial charge in [0.2, 0.25) is 23.6 Å². The number of halogens is 2. The van der Waals surface area contributed by atoms with Crippen LogP contribution in [0.4, 0.5) is 17.2 Å². The van der Waals surface area contributed by atoms with Gasteiger partial charge in [-0.15, -0.1) is 11.3 Å². The van der Waals surface area contributed by atoms with Gasteiger partial charge in [0.15, 0.2) is 0 Å². The summed E-state index contributed by atoms with van der Waals surface area (Å²) < 4.78 is 2.52. The number of thiophene rings is 1. The Labute approximate surface area is 327 Å². The fraction of sp³-hybridized carbons (Fsp3) is 0.275. The lowest BCUT2D eigenvalue weighted by Gasteiger charge is -2.49. The highest BCUT2D eigenvalue weighted by Crippen LogP contribution is 2.64. The number of carbonyl (C=O) groups excluding carboxylic acids is 4. The van der Waals surface area contributed by atoms with Crippen LogP contribution in [0.2, 0.25) is 10.0 Å². The van der Waals surface area contributed by atoms with E-state index in [2.05, 4.69) is 0 Å². The molecule has 0 bridgehead atoms. The van der Waals surface area contributed by atoms with Crippen molar-refractivity contribution in [1.29, 1.82) is 0 Å². The molecule has 5 aromatic rings. The number of nitrogens with zero attached hydrogens (tertiary/aromatic N) is 5. The lowest BCUT2D eigenvalue weighted by molar-refractivity contribution is -0.384. The van der Waals surface area contributed by atoms with Crippen molar-refractivity contribution in [1.82, 2.24) is 9.78 Å². The third-order valence-electron chi connectivity index (χ3n) is 12.1. The lowest BCUT2D eigenvalue weighted by atomic mass is 9.51. The molecule has 0 spiro atoms. The first kappa shape index (κ1) is 35.3. The molecule has 278 valence electrons. The molecule has 9 rings (SSSR count). The molecule has 1 N–H and O–H groups in total. The van der Waals surface area contributed by atoms with Crippen LogP contribution < -0.4 is 9.80 Å². The number of aromatic hydroxyl groups is 1. The Bertz CT molecular complexity index is 2620. The molecule has 4 aliphatic rings. The fourth-order valence-electron chi connectivity index (χ4n) is 9.55. The second kappa shape index (κ2) is 12.3. The van der Waals surface area contributed by atoms with Crippen molar-refractivity contribution in [2.45, 2.75) is 32.6 Å². The molecular weight excluding hydrogens is 765 g/mol. The molecule has 4 amide bonds. The standard InChI is InChI=1S/C40H31Cl2N5O7S/c1-18-25-13-20(42)8-12-31(25)55-35(18)29-17-32(44(3)43-29)46-37(50)28-16-26-23(34(40(28,2)39(46)52)27-14-19(41)7-11-30(27)48)9-10-24-33(26)38(51)45(36(24)49)21-5-4-6-22(15-21)47(53)54/h4-9,11-15,17,24,26,28,33-34,48H,10,16H2,1-3H3/t24-,26+,28-,33-,34+,40+/m0/s1. The number of fused-ring (bicyclic) bond motifs is 5. The number of phenolic OH excluding ortho intramolecular Hbond substituents is 1. The van der Waals surface area contributed by atoms with Gasteiger partial charge in [-0.3, -0.25) is 34.0 Å². The maximum absolute atomic E-state index is 15.1. The largest absolute Gasteiger partial charge is 0.508 e. The molecule has 6 atom stereocenters. The van der Waals surface area contributed by atoms with E-state index in [4.69, 9.17) is 28.3 Å². The molecule has 15 heteroatoms. The second-order valence-electron chi connectivity index (χ2n) is 14.9. The molecule has 0 unspecified atom stereocenters. The van der Waals surface area contributed by atoms with E-state index in [0.29, 0.717) is 26.9 Å². The molecule has 3 aromatic carbocycles. The number of nitro groups is 1. The van der Waals surface area contributed by atoms with Crippen LogP contribution in [-0.2, 0) is 26.2 Å². The SMILES string of the molecule is Cc1c(-c2cc(N3C(=O)[C@@H]4C[C@@H]5C(=CC[C@@H]6C(=O)N(c7cccc([N+](=O)[O-])c7)C(=O)[C@@H]65)[C@H](c5cc(Cl)ccc5O)[C@]4(C)C3=O)n(C)n2)sc2ccc(Cl)cc12. The van der Waals surface area contributed by atoms with E-state index < -0.39 is 63.6 Å². The van der Waals surface area contributed by atoms with E-state index in [1.807, 2.05) is 31.2 Å². The third-order valence-corrected chi connectivity index (χ3v) is 13.9. The number of benzene rings is 3. The summed E-state index contributed by atoms with van der Waals surface area (Å²) in [5, 5.41) is 29.6. The second-order valence-corrected chi connectivity index (χ2v) is 16.8. The van der Waals surface area contributed by atoms with Gasteiger partial charge < -0.3 is 5.11 Å².